The van der Waals surface area contributed by atoms with Gasteiger partial charge in [-0.2, -0.15) is 5.10 Å². The Morgan fingerprint density at radius 3 is 2.17 bits per heavy atom. The van der Waals surface area contributed by atoms with Crippen LogP contribution < -0.4 is 5.32 Å². The number of nitrogens with zero attached hydrogens (tertiary/aromatic N) is 2. The molecule has 23 heavy (non-hydrogen) atoms. The van der Waals surface area contributed by atoms with Gasteiger partial charge in [0, 0.05) is 12.6 Å². The minimum atomic E-state index is 0.408. The smallest absolute Gasteiger partial charge is 0.0764 e. The molecule has 0 saturated heterocycles. The summed E-state index contributed by atoms with van der Waals surface area (Å²) >= 11 is 0. The normalized spacial score (nSPS) is 21.1. The topological polar surface area (TPSA) is 29.9 Å². The number of rotatable bonds is 5. The van der Waals surface area contributed by atoms with Gasteiger partial charge in [-0.15, -0.1) is 0 Å². The summed E-state index contributed by atoms with van der Waals surface area (Å²) in [6, 6.07) is 0.544. The minimum Gasteiger partial charge on any atom is -0.379 e. The summed E-state index contributed by atoms with van der Waals surface area (Å²) in [5, 5.41) is 8.52. The quantitative estimate of drug-likeness (QED) is 0.756. The zero-order valence-corrected chi connectivity index (χ0v) is 16.5. The van der Waals surface area contributed by atoms with Crippen molar-refractivity contribution in [3.63, 3.8) is 0 Å². The zero-order chi connectivity index (χ0) is 17.4. The van der Waals surface area contributed by atoms with Crippen LogP contribution in [0.15, 0.2) is 6.20 Å². The number of aromatic nitrogens is 2. The highest BCUT2D eigenvalue weighted by atomic mass is 15.3. The predicted molar refractivity (Wildman–Crippen MR) is 100.0 cm³/mol. The van der Waals surface area contributed by atoms with Crippen molar-refractivity contribution < 1.29 is 0 Å². The largest absolute Gasteiger partial charge is 0.379 e. The number of nitrogens with one attached hydrogen (secondary N) is 1. The van der Waals surface area contributed by atoms with Gasteiger partial charge in [-0.05, 0) is 41.9 Å². The van der Waals surface area contributed by atoms with Crippen molar-refractivity contribution in [2.75, 3.05) is 5.32 Å². The van der Waals surface area contributed by atoms with E-state index in [0.717, 1.165) is 6.54 Å². The maximum absolute atomic E-state index is 4.67. The molecule has 1 aliphatic carbocycles. The van der Waals surface area contributed by atoms with E-state index in [9.17, 15) is 0 Å². The third kappa shape index (κ3) is 4.74. The summed E-state index contributed by atoms with van der Waals surface area (Å²) in [4.78, 5) is 0. The van der Waals surface area contributed by atoms with Crippen LogP contribution in [-0.4, -0.2) is 15.8 Å². The molecule has 1 N–H and O–H groups in total. The lowest BCUT2D eigenvalue weighted by Crippen LogP contribution is -2.40. The Labute approximate surface area is 143 Å². The van der Waals surface area contributed by atoms with E-state index in [0.29, 0.717) is 28.7 Å². The Morgan fingerprint density at radius 1 is 1.13 bits per heavy atom. The molecule has 0 spiro atoms. The van der Waals surface area contributed by atoms with Crippen molar-refractivity contribution in [3.8, 4) is 0 Å². The highest BCUT2D eigenvalue weighted by Crippen LogP contribution is 2.46. The molecular weight excluding hydrogens is 282 g/mol. The average molecular weight is 320 g/mol. The fraction of sp³-hybridized carbons (Fsp3) is 0.850. The molecule has 0 aromatic carbocycles. The molecule has 0 unspecified atom stereocenters. The van der Waals surface area contributed by atoms with E-state index >= 15 is 0 Å². The standard InChI is InChI=1S/C20H37N3/c1-14(2)12-23-18(15(3)4)17(11-21-23)22-16-9-19(5,6)13-20(7,8)10-16/h11,14-16,22H,9-10,12-13H2,1-8H3. The molecule has 2 rings (SSSR count). The van der Waals surface area contributed by atoms with Crippen molar-refractivity contribution in [1.29, 1.82) is 0 Å². The fourth-order valence-corrected chi connectivity index (χ4v) is 4.77. The molecule has 3 nitrogen and oxygen atoms in total. The van der Waals surface area contributed by atoms with E-state index in [4.69, 9.17) is 0 Å². The van der Waals surface area contributed by atoms with Crippen molar-refractivity contribution in [3.05, 3.63) is 11.9 Å². The van der Waals surface area contributed by atoms with Crippen LogP contribution in [0, 0.1) is 16.7 Å². The molecule has 1 heterocycles. The van der Waals surface area contributed by atoms with Gasteiger partial charge in [0.05, 0.1) is 17.6 Å². The molecule has 0 bridgehead atoms. The predicted octanol–water partition coefficient (Wildman–Crippen LogP) is 5.68. The average Bonchev–Trinajstić information content (AvgIpc) is 2.66. The Kier molecular flexibility index (Phi) is 5.18. The van der Waals surface area contributed by atoms with Gasteiger partial charge in [-0.1, -0.05) is 55.4 Å². The Hall–Kier alpha value is -0.990. The van der Waals surface area contributed by atoms with Crippen molar-refractivity contribution in [2.24, 2.45) is 16.7 Å². The van der Waals surface area contributed by atoms with Crippen LogP contribution in [0.2, 0.25) is 0 Å². The lowest BCUT2D eigenvalue weighted by atomic mass is 9.63. The SMILES string of the molecule is CC(C)Cn1ncc(NC2CC(C)(C)CC(C)(C)C2)c1C(C)C. The third-order valence-corrected chi connectivity index (χ3v) is 4.88. The van der Waals surface area contributed by atoms with Crippen LogP contribution in [0.1, 0.15) is 86.3 Å². The van der Waals surface area contributed by atoms with Crippen LogP contribution >= 0.6 is 0 Å². The highest BCUT2D eigenvalue weighted by Gasteiger charge is 2.38. The van der Waals surface area contributed by atoms with Gasteiger partial charge in [0.1, 0.15) is 0 Å². The van der Waals surface area contributed by atoms with Gasteiger partial charge in [0.15, 0.2) is 0 Å². The molecular formula is C20H37N3. The first-order valence-electron chi connectivity index (χ1n) is 9.31. The summed E-state index contributed by atoms with van der Waals surface area (Å²) in [7, 11) is 0. The summed E-state index contributed by atoms with van der Waals surface area (Å²) in [6.07, 6.45) is 5.83. The van der Waals surface area contributed by atoms with Gasteiger partial charge in [0.25, 0.3) is 0 Å². The molecule has 1 saturated carbocycles. The van der Waals surface area contributed by atoms with Gasteiger partial charge in [0.2, 0.25) is 0 Å². The van der Waals surface area contributed by atoms with E-state index in [1.807, 2.05) is 6.20 Å². The van der Waals surface area contributed by atoms with Gasteiger partial charge < -0.3 is 5.32 Å². The van der Waals surface area contributed by atoms with Crippen LogP contribution in [0.4, 0.5) is 5.69 Å². The monoisotopic (exact) mass is 319 g/mol. The highest BCUT2D eigenvalue weighted by molar-refractivity contribution is 5.49. The molecule has 132 valence electrons. The molecule has 1 aliphatic rings. The maximum Gasteiger partial charge on any atom is 0.0764 e. The molecule has 0 amide bonds. The molecule has 3 heteroatoms. The molecule has 1 aromatic heterocycles. The third-order valence-electron chi connectivity index (χ3n) is 4.88. The molecule has 0 aliphatic heterocycles. The number of hydrogen-bond acceptors (Lipinski definition) is 2. The maximum atomic E-state index is 4.67. The van der Waals surface area contributed by atoms with Crippen LogP contribution in [0.25, 0.3) is 0 Å². The number of hydrogen-bond donors (Lipinski definition) is 1. The fourth-order valence-electron chi connectivity index (χ4n) is 4.77. The van der Waals surface area contributed by atoms with E-state index < -0.39 is 0 Å². The first-order chi connectivity index (χ1) is 10.5. The second-order valence-electron chi connectivity index (χ2n) is 9.93. The van der Waals surface area contributed by atoms with Crippen LogP contribution in [0.5, 0.6) is 0 Å². The van der Waals surface area contributed by atoms with Crippen molar-refractivity contribution in [1.82, 2.24) is 9.78 Å². The molecule has 1 fully saturated rings. The number of anilines is 1. The van der Waals surface area contributed by atoms with Crippen molar-refractivity contribution >= 4 is 5.69 Å². The first kappa shape index (κ1) is 18.4. The lowest BCUT2D eigenvalue weighted by Gasteiger charge is -2.45. The Bertz CT molecular complexity index is 507. The van der Waals surface area contributed by atoms with Gasteiger partial charge in [-0.3, -0.25) is 4.68 Å². The van der Waals surface area contributed by atoms with E-state index in [-0.39, 0.29) is 0 Å². The lowest BCUT2D eigenvalue weighted by molar-refractivity contribution is 0.105. The van der Waals surface area contributed by atoms with Gasteiger partial charge in [-0.25, -0.2) is 0 Å². The Balaban J connectivity index is 2.21. The van der Waals surface area contributed by atoms with Crippen molar-refractivity contribution in [2.45, 2.75) is 93.2 Å². The summed E-state index contributed by atoms with van der Waals surface area (Å²) < 4.78 is 2.21. The summed E-state index contributed by atoms with van der Waals surface area (Å²) in [5.74, 6) is 1.11. The Morgan fingerprint density at radius 2 is 1.70 bits per heavy atom. The molecule has 1 aromatic rings. The van der Waals surface area contributed by atoms with Crippen LogP contribution in [-0.2, 0) is 6.54 Å². The van der Waals surface area contributed by atoms with Gasteiger partial charge >= 0.3 is 0 Å². The second kappa shape index (κ2) is 6.49. The van der Waals surface area contributed by atoms with E-state index in [1.165, 1.54) is 30.6 Å². The van der Waals surface area contributed by atoms with Crippen LogP contribution in [0.3, 0.4) is 0 Å². The summed E-state index contributed by atoms with van der Waals surface area (Å²) in [5.41, 5.74) is 3.43. The van der Waals surface area contributed by atoms with E-state index in [2.05, 4.69) is 70.5 Å². The molecule has 0 atom stereocenters. The minimum absolute atomic E-state index is 0.408. The summed E-state index contributed by atoms with van der Waals surface area (Å²) in [6.45, 7) is 19.7. The molecule has 0 radical (unpaired) electrons. The first-order valence-corrected chi connectivity index (χ1v) is 9.31. The second-order valence-corrected chi connectivity index (χ2v) is 9.93. The zero-order valence-electron chi connectivity index (χ0n) is 16.5. The van der Waals surface area contributed by atoms with E-state index in [1.54, 1.807) is 0 Å².